The van der Waals surface area contributed by atoms with Gasteiger partial charge in [-0.25, -0.2) is 9.59 Å². The Hall–Kier alpha value is -1.96. The number of carbonyl (C=O) groups is 3. The van der Waals surface area contributed by atoms with Gasteiger partial charge >= 0.3 is 11.9 Å². The van der Waals surface area contributed by atoms with Crippen molar-refractivity contribution in [2.24, 2.45) is 0 Å². The number of hydrogen-bond acceptors (Lipinski definition) is 5. The number of hydrogen-bond donors (Lipinski definition) is 3. The van der Waals surface area contributed by atoms with Crippen LogP contribution in [-0.4, -0.2) is 39.9 Å². The highest BCUT2D eigenvalue weighted by Gasteiger charge is 2.18. The minimum absolute atomic E-state index is 0.160. The van der Waals surface area contributed by atoms with Crippen molar-refractivity contribution in [2.45, 2.75) is 18.7 Å². The van der Waals surface area contributed by atoms with E-state index in [1.54, 1.807) is 0 Å². The maximum Gasteiger partial charge on any atom is 0.371 e. The molecule has 0 aliphatic rings. The predicted octanol–water partition coefficient (Wildman–Crippen LogP) is 0.800. The monoisotopic (exact) mass is 287 g/mol. The molecule has 104 valence electrons. The van der Waals surface area contributed by atoms with Crippen molar-refractivity contribution in [3.63, 3.8) is 0 Å². The first-order chi connectivity index (χ1) is 8.90. The second kappa shape index (κ2) is 6.83. The molecule has 0 radical (unpaired) electrons. The number of thioether (sulfide) groups is 1. The molecule has 1 heterocycles. The molecule has 1 atom stereocenters. The molecule has 1 rings (SSSR count). The second-order valence-corrected chi connectivity index (χ2v) is 4.71. The zero-order valence-electron chi connectivity index (χ0n) is 10.1. The van der Waals surface area contributed by atoms with Crippen LogP contribution in [0.15, 0.2) is 16.5 Å². The molecule has 0 aliphatic heterocycles. The van der Waals surface area contributed by atoms with E-state index in [-0.39, 0.29) is 11.5 Å². The lowest BCUT2D eigenvalue weighted by molar-refractivity contribution is -0.140. The van der Waals surface area contributed by atoms with Crippen molar-refractivity contribution in [3.8, 4) is 0 Å². The number of carboxylic acid groups (broad SMARTS) is 2. The van der Waals surface area contributed by atoms with Crippen molar-refractivity contribution in [1.29, 1.82) is 0 Å². The molecule has 1 aromatic rings. The minimum Gasteiger partial charge on any atom is -0.480 e. The molecule has 19 heavy (non-hydrogen) atoms. The molecule has 0 spiro atoms. The van der Waals surface area contributed by atoms with Gasteiger partial charge in [0.15, 0.2) is 0 Å². The zero-order valence-corrected chi connectivity index (χ0v) is 10.9. The average molecular weight is 287 g/mol. The Labute approximate surface area is 113 Å². The van der Waals surface area contributed by atoms with Crippen LogP contribution in [0.25, 0.3) is 0 Å². The number of rotatable bonds is 7. The molecule has 8 heteroatoms. The quantitative estimate of drug-likeness (QED) is 0.679. The summed E-state index contributed by atoms with van der Waals surface area (Å²) < 4.78 is 5.01. The van der Waals surface area contributed by atoms with Crippen LogP contribution in [0, 0.1) is 0 Å². The highest BCUT2D eigenvalue weighted by atomic mass is 32.2. The molecule has 0 aromatic carbocycles. The van der Waals surface area contributed by atoms with Crippen molar-refractivity contribution < 1.29 is 29.0 Å². The fraction of sp³-hybridized carbons (Fsp3) is 0.364. The summed E-state index contributed by atoms with van der Waals surface area (Å²) in [6.45, 7) is 1.24. The van der Waals surface area contributed by atoms with Crippen LogP contribution in [0.5, 0.6) is 0 Å². The lowest BCUT2D eigenvalue weighted by Gasteiger charge is -2.11. The first-order valence-electron chi connectivity index (χ1n) is 5.30. The number of aromatic carboxylic acids is 1. The number of aliphatic carboxylic acids is 1. The fourth-order valence-electron chi connectivity index (χ4n) is 1.27. The normalized spacial score (nSPS) is 11.8. The Kier molecular flexibility index (Phi) is 5.43. The van der Waals surface area contributed by atoms with Crippen LogP contribution in [0.1, 0.15) is 23.2 Å². The largest absolute Gasteiger partial charge is 0.480 e. The van der Waals surface area contributed by atoms with Crippen molar-refractivity contribution in [2.75, 3.05) is 5.75 Å². The number of carbonyl (C=O) groups excluding carboxylic acids is 1. The Bertz CT molecular complexity index is 483. The van der Waals surface area contributed by atoms with Crippen LogP contribution in [-0.2, 0) is 15.3 Å². The number of nitrogens with one attached hydrogen (secondary N) is 1. The average Bonchev–Trinajstić information content (AvgIpc) is 2.75. The smallest absolute Gasteiger partial charge is 0.371 e. The molecule has 7 nitrogen and oxygen atoms in total. The molecule has 0 aliphatic carbocycles. The summed E-state index contributed by atoms with van der Waals surface area (Å²) in [5, 5.41) is 19.8. The maximum atomic E-state index is 10.8. The van der Waals surface area contributed by atoms with Gasteiger partial charge in [0, 0.05) is 12.7 Å². The third-order valence-electron chi connectivity index (χ3n) is 2.08. The zero-order chi connectivity index (χ0) is 14.4. The SMILES string of the molecule is CC(=O)N[C@@H](CSCc1ccc(C(=O)O)o1)C(=O)O. The third-order valence-corrected chi connectivity index (χ3v) is 3.13. The first-order valence-corrected chi connectivity index (χ1v) is 6.45. The van der Waals surface area contributed by atoms with E-state index in [2.05, 4.69) is 5.32 Å². The van der Waals surface area contributed by atoms with Crippen LogP contribution in [0.3, 0.4) is 0 Å². The second-order valence-electron chi connectivity index (χ2n) is 3.68. The standard InChI is InChI=1S/C11H13NO6S/c1-6(13)12-8(10(14)15)5-19-4-7-2-3-9(18-7)11(16)17/h2-3,8H,4-5H2,1H3,(H,12,13)(H,14,15)(H,16,17)/t8-/m0/s1. The van der Waals surface area contributed by atoms with E-state index >= 15 is 0 Å². The van der Waals surface area contributed by atoms with E-state index < -0.39 is 23.9 Å². The van der Waals surface area contributed by atoms with Crippen LogP contribution < -0.4 is 5.32 Å². The lowest BCUT2D eigenvalue weighted by atomic mass is 10.3. The van der Waals surface area contributed by atoms with E-state index in [0.29, 0.717) is 11.5 Å². The van der Waals surface area contributed by atoms with Gasteiger partial charge in [-0.05, 0) is 12.1 Å². The summed E-state index contributed by atoms with van der Waals surface area (Å²) in [5.74, 6) is -1.92. The summed E-state index contributed by atoms with van der Waals surface area (Å²) in [7, 11) is 0. The highest BCUT2D eigenvalue weighted by molar-refractivity contribution is 7.98. The van der Waals surface area contributed by atoms with Gasteiger partial charge in [-0.1, -0.05) is 0 Å². The lowest BCUT2D eigenvalue weighted by Crippen LogP contribution is -2.41. The van der Waals surface area contributed by atoms with E-state index in [4.69, 9.17) is 14.6 Å². The molecule has 1 aromatic heterocycles. The number of amides is 1. The number of carboxylic acids is 2. The molecular formula is C11H13NO6S. The van der Waals surface area contributed by atoms with Gasteiger partial charge in [-0.15, -0.1) is 0 Å². The molecule has 0 fully saturated rings. The van der Waals surface area contributed by atoms with E-state index in [9.17, 15) is 14.4 Å². The topological polar surface area (TPSA) is 117 Å². The molecule has 0 saturated heterocycles. The Morgan fingerprint density at radius 2 is 2.05 bits per heavy atom. The predicted molar refractivity (Wildman–Crippen MR) is 67.1 cm³/mol. The molecule has 0 saturated carbocycles. The van der Waals surface area contributed by atoms with Gasteiger partial charge in [0.2, 0.25) is 11.7 Å². The van der Waals surface area contributed by atoms with Crippen LogP contribution in [0.2, 0.25) is 0 Å². The Balaban J connectivity index is 2.44. The highest BCUT2D eigenvalue weighted by Crippen LogP contribution is 2.16. The molecule has 0 bridgehead atoms. The van der Waals surface area contributed by atoms with Gasteiger partial charge in [0.25, 0.3) is 0 Å². The summed E-state index contributed by atoms with van der Waals surface area (Å²) in [6.07, 6.45) is 0. The maximum absolute atomic E-state index is 10.8. The molecular weight excluding hydrogens is 274 g/mol. The summed E-state index contributed by atoms with van der Waals surface area (Å²) >= 11 is 1.23. The minimum atomic E-state index is -1.15. The van der Waals surface area contributed by atoms with Crippen LogP contribution in [0.4, 0.5) is 0 Å². The van der Waals surface area contributed by atoms with E-state index in [0.717, 1.165) is 0 Å². The van der Waals surface area contributed by atoms with Gasteiger partial charge in [0.05, 0.1) is 5.75 Å². The van der Waals surface area contributed by atoms with E-state index in [1.165, 1.54) is 30.8 Å². The summed E-state index contributed by atoms with van der Waals surface area (Å²) in [4.78, 5) is 32.2. The van der Waals surface area contributed by atoms with Gasteiger partial charge in [-0.2, -0.15) is 11.8 Å². The van der Waals surface area contributed by atoms with Crippen LogP contribution >= 0.6 is 11.8 Å². The Morgan fingerprint density at radius 3 is 2.53 bits per heavy atom. The van der Waals surface area contributed by atoms with Crippen molar-refractivity contribution in [1.82, 2.24) is 5.32 Å². The van der Waals surface area contributed by atoms with Crippen molar-refractivity contribution >= 4 is 29.6 Å². The van der Waals surface area contributed by atoms with E-state index in [1.807, 2.05) is 0 Å². The van der Waals surface area contributed by atoms with Crippen molar-refractivity contribution in [3.05, 3.63) is 23.7 Å². The van der Waals surface area contributed by atoms with Gasteiger partial charge < -0.3 is 19.9 Å². The molecule has 3 N–H and O–H groups in total. The number of furan rings is 1. The molecule has 1 amide bonds. The third kappa shape index (κ3) is 5.04. The first kappa shape index (κ1) is 15.1. The fourth-order valence-corrected chi connectivity index (χ4v) is 2.20. The Morgan fingerprint density at radius 1 is 1.37 bits per heavy atom. The summed E-state index contributed by atoms with van der Waals surface area (Å²) in [6, 6.07) is 1.88. The van der Waals surface area contributed by atoms with Gasteiger partial charge in [-0.3, -0.25) is 4.79 Å². The molecule has 0 unspecified atom stereocenters. The van der Waals surface area contributed by atoms with Gasteiger partial charge in [0.1, 0.15) is 11.8 Å². The summed E-state index contributed by atoms with van der Waals surface area (Å²) in [5.41, 5.74) is 0.